The van der Waals surface area contributed by atoms with Crippen LogP contribution in [0.2, 0.25) is 0 Å². The van der Waals surface area contributed by atoms with Gasteiger partial charge >= 0.3 is 6.09 Å². The molecular formula is C19H26FNO3. The van der Waals surface area contributed by atoms with E-state index in [2.05, 4.69) is 6.58 Å². The van der Waals surface area contributed by atoms with Crippen LogP contribution in [0.15, 0.2) is 24.8 Å². The number of amides is 1. The summed E-state index contributed by atoms with van der Waals surface area (Å²) in [5, 5.41) is 0. The smallest absolute Gasteiger partial charge is 0.410 e. The lowest BCUT2D eigenvalue weighted by Gasteiger charge is -2.29. The van der Waals surface area contributed by atoms with Crippen LogP contribution in [-0.2, 0) is 9.47 Å². The Hall–Kier alpha value is -2.04. The van der Waals surface area contributed by atoms with E-state index in [9.17, 15) is 9.18 Å². The number of hydrogen-bond acceptors (Lipinski definition) is 3. The first-order chi connectivity index (χ1) is 11.2. The van der Waals surface area contributed by atoms with Crippen LogP contribution in [0, 0.1) is 5.82 Å². The molecule has 1 aromatic rings. The quantitative estimate of drug-likeness (QED) is 0.734. The zero-order valence-electron chi connectivity index (χ0n) is 14.9. The molecule has 1 atom stereocenters. The first kappa shape index (κ1) is 18.3. The van der Waals surface area contributed by atoms with Gasteiger partial charge in [-0.1, -0.05) is 12.6 Å². The molecular weight excluding hydrogens is 309 g/mol. The number of carbonyl (C=O) groups excluding carboxylic acids is 1. The Morgan fingerprint density at radius 1 is 1.42 bits per heavy atom. The zero-order chi connectivity index (χ0) is 17.9. The van der Waals surface area contributed by atoms with E-state index in [-0.39, 0.29) is 18.0 Å². The summed E-state index contributed by atoms with van der Waals surface area (Å²) in [6, 6.07) is 4.79. The van der Waals surface area contributed by atoms with Gasteiger partial charge in [0, 0.05) is 6.54 Å². The van der Waals surface area contributed by atoms with Crippen molar-refractivity contribution in [3.8, 4) is 0 Å². The van der Waals surface area contributed by atoms with Gasteiger partial charge in [-0.2, -0.15) is 0 Å². The highest BCUT2D eigenvalue weighted by atomic mass is 19.1. The number of ether oxygens (including phenoxy) is 2. The molecule has 0 aliphatic carbocycles. The minimum absolute atomic E-state index is 0.163. The van der Waals surface area contributed by atoms with Crippen molar-refractivity contribution in [1.82, 2.24) is 4.90 Å². The molecule has 1 aromatic carbocycles. The molecule has 0 saturated carbocycles. The van der Waals surface area contributed by atoms with Gasteiger partial charge in [-0.25, -0.2) is 9.18 Å². The van der Waals surface area contributed by atoms with Crippen LogP contribution >= 0.6 is 0 Å². The molecule has 0 unspecified atom stereocenters. The molecule has 1 saturated heterocycles. The number of nitrogens with zero attached hydrogens (tertiary/aromatic N) is 1. The lowest BCUT2D eigenvalue weighted by Crippen LogP contribution is -2.36. The topological polar surface area (TPSA) is 38.8 Å². The zero-order valence-corrected chi connectivity index (χ0v) is 14.9. The van der Waals surface area contributed by atoms with Gasteiger partial charge in [0.05, 0.1) is 18.2 Å². The highest BCUT2D eigenvalue weighted by molar-refractivity contribution is 5.69. The maximum Gasteiger partial charge on any atom is 0.410 e. The highest BCUT2D eigenvalue weighted by Gasteiger charge is 2.33. The molecule has 0 spiro atoms. The van der Waals surface area contributed by atoms with E-state index in [4.69, 9.17) is 9.47 Å². The van der Waals surface area contributed by atoms with Crippen molar-refractivity contribution < 1.29 is 18.7 Å². The first-order valence-electron chi connectivity index (χ1n) is 8.34. The number of rotatable bonds is 4. The van der Waals surface area contributed by atoms with Crippen molar-refractivity contribution in [2.24, 2.45) is 0 Å². The largest absolute Gasteiger partial charge is 0.494 e. The summed E-state index contributed by atoms with van der Waals surface area (Å²) in [6.45, 7) is 12.1. The summed E-state index contributed by atoms with van der Waals surface area (Å²) in [5.41, 5.74) is 0.570. The van der Waals surface area contributed by atoms with Crippen LogP contribution in [0.5, 0.6) is 0 Å². The predicted octanol–water partition coefficient (Wildman–Crippen LogP) is 4.90. The average Bonchev–Trinajstić information content (AvgIpc) is 2.95. The summed E-state index contributed by atoms with van der Waals surface area (Å²) in [7, 11) is 0. The molecule has 4 nitrogen and oxygen atoms in total. The monoisotopic (exact) mass is 335 g/mol. The number of likely N-dealkylation sites (tertiary alicyclic amines) is 1. The van der Waals surface area contributed by atoms with Crippen LogP contribution < -0.4 is 0 Å². The lowest BCUT2D eigenvalue weighted by molar-refractivity contribution is 0.0224. The van der Waals surface area contributed by atoms with Crippen LogP contribution in [-0.4, -0.2) is 29.7 Å². The van der Waals surface area contributed by atoms with Crippen molar-refractivity contribution in [2.45, 2.75) is 52.2 Å². The van der Waals surface area contributed by atoms with E-state index in [0.717, 1.165) is 18.4 Å². The maximum absolute atomic E-state index is 14.4. The molecule has 24 heavy (non-hydrogen) atoms. The van der Waals surface area contributed by atoms with Gasteiger partial charge in [0.25, 0.3) is 0 Å². The molecule has 0 radical (unpaired) electrons. The van der Waals surface area contributed by atoms with E-state index >= 15 is 0 Å². The van der Waals surface area contributed by atoms with Gasteiger partial charge in [0.1, 0.15) is 17.2 Å². The number of benzene rings is 1. The van der Waals surface area contributed by atoms with Crippen LogP contribution in [0.25, 0.3) is 5.76 Å². The van der Waals surface area contributed by atoms with Crippen LogP contribution in [0.3, 0.4) is 0 Å². The molecule has 132 valence electrons. The van der Waals surface area contributed by atoms with E-state index in [1.54, 1.807) is 11.0 Å². The minimum Gasteiger partial charge on any atom is -0.494 e. The Morgan fingerprint density at radius 2 is 2.12 bits per heavy atom. The third kappa shape index (κ3) is 4.28. The molecule has 1 aliphatic heterocycles. The average molecular weight is 335 g/mol. The normalized spacial score (nSPS) is 17.7. The van der Waals surface area contributed by atoms with E-state index < -0.39 is 5.60 Å². The van der Waals surface area contributed by atoms with Gasteiger partial charge in [-0.05, 0) is 58.2 Å². The van der Waals surface area contributed by atoms with E-state index in [1.807, 2.05) is 33.8 Å². The highest BCUT2D eigenvalue weighted by Crippen LogP contribution is 2.34. The number of hydrogen-bond donors (Lipinski definition) is 0. The first-order valence-corrected chi connectivity index (χ1v) is 8.34. The van der Waals surface area contributed by atoms with E-state index in [0.29, 0.717) is 24.5 Å². The third-order valence-electron chi connectivity index (χ3n) is 3.88. The molecule has 5 heteroatoms. The Morgan fingerprint density at radius 3 is 2.71 bits per heavy atom. The van der Waals surface area contributed by atoms with Gasteiger partial charge in [0.15, 0.2) is 0 Å². The molecule has 1 amide bonds. The van der Waals surface area contributed by atoms with Crippen LogP contribution in [0.4, 0.5) is 9.18 Å². The maximum atomic E-state index is 14.4. The predicted molar refractivity (Wildman–Crippen MR) is 92.0 cm³/mol. The van der Waals surface area contributed by atoms with Gasteiger partial charge < -0.3 is 14.4 Å². The Bertz CT molecular complexity index is 622. The summed E-state index contributed by atoms with van der Waals surface area (Å²) < 4.78 is 25.1. The van der Waals surface area contributed by atoms with Gasteiger partial charge in [0.2, 0.25) is 0 Å². The van der Waals surface area contributed by atoms with Gasteiger partial charge in [-0.15, -0.1) is 0 Å². The van der Waals surface area contributed by atoms with Crippen LogP contribution in [0.1, 0.15) is 57.7 Å². The fourth-order valence-corrected chi connectivity index (χ4v) is 2.87. The van der Waals surface area contributed by atoms with Gasteiger partial charge in [-0.3, -0.25) is 0 Å². The van der Waals surface area contributed by atoms with Crippen molar-refractivity contribution >= 4 is 11.9 Å². The Kier molecular flexibility index (Phi) is 5.52. The summed E-state index contributed by atoms with van der Waals surface area (Å²) >= 11 is 0. The number of carbonyl (C=O) groups is 1. The lowest BCUT2D eigenvalue weighted by atomic mass is 10.0. The molecule has 1 fully saturated rings. The van der Waals surface area contributed by atoms with Crippen molar-refractivity contribution in [1.29, 1.82) is 0 Å². The Balaban J connectivity index is 2.19. The molecule has 0 aromatic heterocycles. The molecule has 0 bridgehead atoms. The second-order valence-electron chi connectivity index (χ2n) is 6.93. The standard InChI is InChI=1S/C19H26FNO3/c1-6-23-13(2)15-10-9-14(12-16(15)20)17-8-7-11-21(17)18(22)24-19(3,4)5/h9-10,12,17H,2,6-8,11H2,1,3-5H3/t17-/m0/s1. The third-order valence-corrected chi connectivity index (χ3v) is 3.88. The van der Waals surface area contributed by atoms with Crippen molar-refractivity contribution in [3.63, 3.8) is 0 Å². The van der Waals surface area contributed by atoms with E-state index in [1.165, 1.54) is 6.07 Å². The fourth-order valence-electron chi connectivity index (χ4n) is 2.87. The SMILES string of the molecule is C=C(OCC)c1ccc([C@@H]2CCCN2C(=O)OC(C)(C)C)cc1F. The summed E-state index contributed by atoms with van der Waals surface area (Å²) in [4.78, 5) is 14.0. The second-order valence-corrected chi connectivity index (χ2v) is 6.93. The molecule has 1 aliphatic rings. The summed E-state index contributed by atoms with van der Waals surface area (Å²) in [5.74, 6) is -0.0704. The molecule has 1 heterocycles. The Labute approximate surface area is 143 Å². The summed E-state index contributed by atoms with van der Waals surface area (Å²) in [6.07, 6.45) is 1.32. The molecule has 0 N–H and O–H groups in total. The van der Waals surface area contributed by atoms with Crippen molar-refractivity contribution in [3.05, 3.63) is 41.7 Å². The molecule has 2 rings (SSSR count). The van der Waals surface area contributed by atoms with Crippen molar-refractivity contribution in [2.75, 3.05) is 13.2 Å². The second kappa shape index (κ2) is 7.24. The number of halogens is 1. The fraction of sp³-hybridized carbons (Fsp3) is 0.526. The minimum atomic E-state index is -0.547.